The van der Waals surface area contributed by atoms with Gasteiger partial charge < -0.3 is 0 Å². The molecule has 0 nitrogen and oxygen atoms in total. The first kappa shape index (κ1) is 17.5. The van der Waals surface area contributed by atoms with Gasteiger partial charge in [0.15, 0.2) is 0 Å². The van der Waals surface area contributed by atoms with E-state index >= 15 is 0 Å². The van der Waals surface area contributed by atoms with Crippen molar-refractivity contribution in [1.82, 2.24) is 0 Å². The molecular formula is C18H34. The summed E-state index contributed by atoms with van der Waals surface area (Å²) in [5.41, 5.74) is 0. The molecule has 0 spiro atoms. The molecule has 0 rings (SSSR count). The molecule has 0 aromatic rings. The maximum Gasteiger partial charge on any atom is -0.0202 e. The standard InChI is InChI=1S/C18H34/c1-4-7-9-10-11-12-13-15-17-18(6-3)16-14-8-5-2/h6,13,15,18H,3-5,7-12,14,16-17H2,1-2H3. The fourth-order valence-corrected chi connectivity index (χ4v) is 2.24. The summed E-state index contributed by atoms with van der Waals surface area (Å²) in [7, 11) is 0. The van der Waals surface area contributed by atoms with Crippen molar-refractivity contribution in [2.24, 2.45) is 5.92 Å². The Kier molecular flexibility index (Phi) is 14.1. The van der Waals surface area contributed by atoms with Crippen LogP contribution in [0.4, 0.5) is 0 Å². The normalized spacial score (nSPS) is 13.0. The molecule has 0 saturated heterocycles. The third-order valence-corrected chi connectivity index (χ3v) is 3.59. The molecule has 0 aromatic carbocycles. The van der Waals surface area contributed by atoms with Crippen molar-refractivity contribution in [3.05, 3.63) is 24.8 Å². The van der Waals surface area contributed by atoms with Gasteiger partial charge in [0.25, 0.3) is 0 Å². The van der Waals surface area contributed by atoms with E-state index in [0.29, 0.717) is 5.92 Å². The fourth-order valence-electron chi connectivity index (χ4n) is 2.24. The minimum Gasteiger partial charge on any atom is -0.103 e. The first-order chi connectivity index (χ1) is 8.85. The van der Waals surface area contributed by atoms with Crippen LogP contribution in [-0.4, -0.2) is 0 Å². The molecule has 18 heavy (non-hydrogen) atoms. The molecule has 0 aliphatic heterocycles. The molecule has 0 bridgehead atoms. The molecule has 0 radical (unpaired) electrons. The minimum absolute atomic E-state index is 0.702. The number of hydrogen-bond acceptors (Lipinski definition) is 0. The van der Waals surface area contributed by atoms with E-state index in [1.807, 2.05) is 0 Å². The SMILES string of the molecule is C=CC(CC=CCCCCCCC)CCCCC. The number of rotatable bonds is 13. The summed E-state index contributed by atoms with van der Waals surface area (Å²) < 4.78 is 0. The van der Waals surface area contributed by atoms with Gasteiger partial charge in [0.1, 0.15) is 0 Å². The van der Waals surface area contributed by atoms with E-state index in [2.05, 4.69) is 38.7 Å². The molecule has 106 valence electrons. The molecule has 0 heterocycles. The van der Waals surface area contributed by atoms with E-state index < -0.39 is 0 Å². The molecule has 0 heteroatoms. The average Bonchev–Trinajstić information content (AvgIpc) is 2.40. The molecule has 1 unspecified atom stereocenters. The Labute approximate surface area is 116 Å². The second kappa shape index (κ2) is 14.5. The molecule has 0 aliphatic rings. The summed E-state index contributed by atoms with van der Waals surface area (Å²) in [5, 5.41) is 0. The number of hydrogen-bond donors (Lipinski definition) is 0. The summed E-state index contributed by atoms with van der Waals surface area (Å²) in [5.74, 6) is 0.702. The molecule has 0 fully saturated rings. The number of allylic oxidation sites excluding steroid dienone is 3. The van der Waals surface area contributed by atoms with Crippen LogP contribution in [0, 0.1) is 5.92 Å². The Morgan fingerprint density at radius 2 is 1.50 bits per heavy atom. The van der Waals surface area contributed by atoms with Crippen LogP contribution in [0.3, 0.4) is 0 Å². The Balaban J connectivity index is 3.43. The topological polar surface area (TPSA) is 0 Å². The highest BCUT2D eigenvalue weighted by molar-refractivity contribution is 4.89. The lowest BCUT2D eigenvalue weighted by atomic mass is 9.97. The highest BCUT2D eigenvalue weighted by atomic mass is 14.1. The third-order valence-electron chi connectivity index (χ3n) is 3.59. The lowest BCUT2D eigenvalue weighted by Crippen LogP contribution is -1.94. The van der Waals surface area contributed by atoms with Crippen LogP contribution in [0.15, 0.2) is 24.8 Å². The van der Waals surface area contributed by atoms with Crippen molar-refractivity contribution in [3.8, 4) is 0 Å². The van der Waals surface area contributed by atoms with E-state index in [9.17, 15) is 0 Å². The van der Waals surface area contributed by atoms with E-state index in [1.165, 1.54) is 70.6 Å². The lowest BCUT2D eigenvalue weighted by Gasteiger charge is -2.08. The van der Waals surface area contributed by atoms with Crippen molar-refractivity contribution >= 4 is 0 Å². The van der Waals surface area contributed by atoms with E-state index in [4.69, 9.17) is 0 Å². The molecule has 0 aromatic heterocycles. The van der Waals surface area contributed by atoms with Gasteiger partial charge in [0.05, 0.1) is 0 Å². The fraction of sp³-hybridized carbons (Fsp3) is 0.778. The average molecular weight is 250 g/mol. The highest BCUT2D eigenvalue weighted by Crippen LogP contribution is 2.15. The van der Waals surface area contributed by atoms with Crippen LogP contribution in [0.2, 0.25) is 0 Å². The van der Waals surface area contributed by atoms with Crippen molar-refractivity contribution in [3.63, 3.8) is 0 Å². The Morgan fingerprint density at radius 1 is 0.833 bits per heavy atom. The Morgan fingerprint density at radius 3 is 2.17 bits per heavy atom. The zero-order valence-electron chi connectivity index (χ0n) is 12.8. The second-order valence-electron chi connectivity index (χ2n) is 5.40. The van der Waals surface area contributed by atoms with Gasteiger partial charge >= 0.3 is 0 Å². The maximum atomic E-state index is 3.95. The molecular weight excluding hydrogens is 216 g/mol. The van der Waals surface area contributed by atoms with Crippen LogP contribution >= 0.6 is 0 Å². The smallest absolute Gasteiger partial charge is 0.0202 e. The summed E-state index contributed by atoms with van der Waals surface area (Å²) in [6, 6.07) is 0. The van der Waals surface area contributed by atoms with Gasteiger partial charge in [-0.2, -0.15) is 0 Å². The van der Waals surface area contributed by atoms with Gasteiger partial charge in [-0.1, -0.05) is 77.0 Å². The second-order valence-corrected chi connectivity index (χ2v) is 5.40. The largest absolute Gasteiger partial charge is 0.103 e. The van der Waals surface area contributed by atoms with E-state index in [-0.39, 0.29) is 0 Å². The summed E-state index contributed by atoms with van der Waals surface area (Å²) in [6.45, 7) is 8.49. The van der Waals surface area contributed by atoms with Crippen LogP contribution in [0.1, 0.15) is 84.5 Å². The van der Waals surface area contributed by atoms with Gasteiger partial charge in [0.2, 0.25) is 0 Å². The predicted molar refractivity (Wildman–Crippen MR) is 85.0 cm³/mol. The van der Waals surface area contributed by atoms with Crippen LogP contribution in [-0.2, 0) is 0 Å². The van der Waals surface area contributed by atoms with Gasteiger partial charge in [-0.05, 0) is 31.6 Å². The van der Waals surface area contributed by atoms with Crippen molar-refractivity contribution in [2.75, 3.05) is 0 Å². The van der Waals surface area contributed by atoms with E-state index in [0.717, 1.165) is 0 Å². The molecule has 0 aliphatic carbocycles. The number of unbranched alkanes of at least 4 members (excludes halogenated alkanes) is 7. The monoisotopic (exact) mass is 250 g/mol. The Bertz CT molecular complexity index is 190. The lowest BCUT2D eigenvalue weighted by molar-refractivity contribution is 0.545. The predicted octanol–water partition coefficient (Wildman–Crippen LogP) is 6.68. The van der Waals surface area contributed by atoms with Crippen LogP contribution in [0.5, 0.6) is 0 Å². The quantitative estimate of drug-likeness (QED) is 0.253. The zero-order chi connectivity index (χ0) is 13.5. The highest BCUT2D eigenvalue weighted by Gasteiger charge is 2.00. The van der Waals surface area contributed by atoms with E-state index in [1.54, 1.807) is 0 Å². The summed E-state index contributed by atoms with van der Waals surface area (Å²) >= 11 is 0. The van der Waals surface area contributed by atoms with Crippen LogP contribution < -0.4 is 0 Å². The van der Waals surface area contributed by atoms with Gasteiger partial charge in [0, 0.05) is 0 Å². The molecule has 1 atom stereocenters. The molecule has 0 saturated carbocycles. The Hall–Kier alpha value is -0.520. The van der Waals surface area contributed by atoms with Gasteiger partial charge in [-0.25, -0.2) is 0 Å². The molecule has 0 N–H and O–H groups in total. The van der Waals surface area contributed by atoms with Crippen molar-refractivity contribution in [1.29, 1.82) is 0 Å². The zero-order valence-corrected chi connectivity index (χ0v) is 12.8. The maximum absolute atomic E-state index is 3.95. The van der Waals surface area contributed by atoms with Crippen molar-refractivity contribution in [2.45, 2.75) is 84.5 Å². The third kappa shape index (κ3) is 12.0. The summed E-state index contributed by atoms with van der Waals surface area (Å²) in [6.07, 6.45) is 21.6. The first-order valence-electron chi connectivity index (χ1n) is 8.12. The van der Waals surface area contributed by atoms with Gasteiger partial charge in [-0.15, -0.1) is 6.58 Å². The first-order valence-corrected chi connectivity index (χ1v) is 8.12. The van der Waals surface area contributed by atoms with Crippen LogP contribution in [0.25, 0.3) is 0 Å². The minimum atomic E-state index is 0.702. The summed E-state index contributed by atoms with van der Waals surface area (Å²) in [4.78, 5) is 0. The van der Waals surface area contributed by atoms with Crippen molar-refractivity contribution < 1.29 is 0 Å². The molecule has 0 amide bonds. The van der Waals surface area contributed by atoms with Gasteiger partial charge in [-0.3, -0.25) is 0 Å².